The van der Waals surface area contributed by atoms with Crippen molar-refractivity contribution >= 4 is 21.6 Å². The molecule has 0 aliphatic carbocycles. The Kier molecular flexibility index (Phi) is 5.46. The van der Waals surface area contributed by atoms with Crippen molar-refractivity contribution in [2.24, 2.45) is 0 Å². The van der Waals surface area contributed by atoms with Gasteiger partial charge in [-0.05, 0) is 12.1 Å². The summed E-state index contributed by atoms with van der Waals surface area (Å²) in [4.78, 5) is 17.2. The van der Waals surface area contributed by atoms with Gasteiger partial charge in [0.15, 0.2) is 0 Å². The van der Waals surface area contributed by atoms with Gasteiger partial charge in [0.25, 0.3) is 5.91 Å². The molecule has 7 nitrogen and oxygen atoms in total. The molecule has 0 aliphatic heterocycles. The molecule has 0 unspecified atom stereocenters. The van der Waals surface area contributed by atoms with Crippen LogP contribution in [0.5, 0.6) is 0 Å². The smallest absolute Gasteiger partial charge is 0.272 e. The van der Waals surface area contributed by atoms with E-state index in [0.29, 0.717) is 11.4 Å². The maximum Gasteiger partial charge on any atom is 0.272 e. The van der Waals surface area contributed by atoms with Gasteiger partial charge in [-0.15, -0.1) is 0 Å². The van der Waals surface area contributed by atoms with E-state index in [-0.39, 0.29) is 18.2 Å². The highest BCUT2D eigenvalue weighted by atomic mass is 32.2. The van der Waals surface area contributed by atoms with E-state index < -0.39 is 10.0 Å². The summed E-state index contributed by atoms with van der Waals surface area (Å²) in [5.41, 5.74) is 0.981. The van der Waals surface area contributed by atoms with E-state index in [1.54, 1.807) is 26.2 Å². The number of aromatic nitrogens is 1. The summed E-state index contributed by atoms with van der Waals surface area (Å²) >= 11 is 0. The summed E-state index contributed by atoms with van der Waals surface area (Å²) in [6.45, 7) is 0.264. The Morgan fingerprint density at radius 2 is 1.95 bits per heavy atom. The minimum absolute atomic E-state index is 0.0146. The average molecular weight is 300 g/mol. The van der Waals surface area contributed by atoms with E-state index in [9.17, 15) is 13.2 Å². The predicted molar refractivity (Wildman–Crippen MR) is 78.2 cm³/mol. The zero-order valence-electron chi connectivity index (χ0n) is 12.1. The molecule has 0 saturated carbocycles. The lowest BCUT2D eigenvalue weighted by molar-refractivity contribution is 0.0822. The normalized spacial score (nSPS) is 11.4. The summed E-state index contributed by atoms with van der Waals surface area (Å²) in [6, 6.07) is 3.29. The molecule has 0 fully saturated rings. The van der Waals surface area contributed by atoms with Crippen molar-refractivity contribution in [3.63, 3.8) is 0 Å². The number of rotatable bonds is 6. The van der Waals surface area contributed by atoms with Gasteiger partial charge < -0.3 is 10.2 Å². The zero-order valence-corrected chi connectivity index (χ0v) is 12.9. The van der Waals surface area contributed by atoms with Crippen molar-refractivity contribution in [2.45, 2.75) is 0 Å². The van der Waals surface area contributed by atoms with Crippen molar-refractivity contribution in [1.29, 1.82) is 0 Å². The van der Waals surface area contributed by atoms with Crippen molar-refractivity contribution in [1.82, 2.24) is 14.2 Å². The fourth-order valence-electron chi connectivity index (χ4n) is 1.39. The van der Waals surface area contributed by atoms with Gasteiger partial charge in [0.05, 0.1) is 5.75 Å². The topological polar surface area (TPSA) is 82.6 Å². The van der Waals surface area contributed by atoms with Crippen molar-refractivity contribution in [3.05, 3.63) is 24.0 Å². The average Bonchev–Trinajstić information content (AvgIpc) is 2.37. The molecule has 1 amide bonds. The molecule has 0 saturated heterocycles. The minimum Gasteiger partial charge on any atom is -0.384 e. The lowest BCUT2D eigenvalue weighted by Gasteiger charge is -2.13. The first-order valence-corrected chi connectivity index (χ1v) is 7.67. The Bertz CT molecular complexity index is 570. The summed E-state index contributed by atoms with van der Waals surface area (Å²) in [7, 11) is 3.06. The third-order valence-corrected chi connectivity index (χ3v) is 4.46. The van der Waals surface area contributed by atoms with E-state index in [2.05, 4.69) is 10.3 Å². The molecule has 0 bridgehead atoms. The molecule has 0 radical (unpaired) electrons. The first-order chi connectivity index (χ1) is 9.24. The molecule has 112 valence electrons. The maximum absolute atomic E-state index is 11.8. The molecule has 0 aromatic carbocycles. The molecule has 1 rings (SSSR count). The lowest BCUT2D eigenvalue weighted by Crippen LogP contribution is -2.28. The fourth-order valence-corrected chi connectivity index (χ4v) is 2.12. The number of hydrogen-bond donors (Lipinski definition) is 1. The number of pyridine rings is 1. The molecule has 0 spiro atoms. The number of anilines is 1. The van der Waals surface area contributed by atoms with E-state index in [1.807, 2.05) is 0 Å². The minimum atomic E-state index is -3.23. The number of hydrogen-bond acceptors (Lipinski definition) is 5. The third kappa shape index (κ3) is 4.46. The highest BCUT2D eigenvalue weighted by Crippen LogP contribution is 2.09. The van der Waals surface area contributed by atoms with Crippen LogP contribution in [0.25, 0.3) is 0 Å². The standard InChI is InChI=1S/C12H20N4O3S/c1-15(2)12(17)11-9-10(5-6-14-11)13-7-8-20(18,19)16(3)4/h5-6,9H,7-8H2,1-4H3,(H,13,14). The van der Waals surface area contributed by atoms with Crippen LogP contribution in [0, 0.1) is 0 Å². The first kappa shape index (κ1) is 16.4. The Balaban J connectivity index is 2.66. The Hall–Kier alpha value is -1.67. The summed E-state index contributed by atoms with van der Waals surface area (Å²) < 4.78 is 24.4. The number of nitrogens with one attached hydrogen (secondary N) is 1. The third-order valence-electron chi connectivity index (χ3n) is 2.63. The number of carbonyl (C=O) groups excluding carboxylic acids is 1. The second kappa shape index (κ2) is 6.67. The quantitative estimate of drug-likeness (QED) is 0.805. The molecular formula is C12H20N4O3S. The van der Waals surface area contributed by atoms with Crippen LogP contribution in [0.15, 0.2) is 18.3 Å². The summed E-state index contributed by atoms with van der Waals surface area (Å²) in [5, 5.41) is 2.97. The lowest BCUT2D eigenvalue weighted by atomic mass is 10.3. The van der Waals surface area contributed by atoms with Gasteiger partial charge in [-0.2, -0.15) is 0 Å². The van der Waals surface area contributed by atoms with Crippen LogP contribution in [0.4, 0.5) is 5.69 Å². The van der Waals surface area contributed by atoms with Crippen LogP contribution in [-0.2, 0) is 10.0 Å². The van der Waals surface area contributed by atoms with Crippen LogP contribution in [-0.4, -0.2) is 69.0 Å². The molecule has 1 aromatic rings. The number of carbonyl (C=O) groups is 1. The highest BCUT2D eigenvalue weighted by Gasteiger charge is 2.13. The van der Waals surface area contributed by atoms with E-state index >= 15 is 0 Å². The zero-order chi connectivity index (χ0) is 15.3. The van der Waals surface area contributed by atoms with Gasteiger partial charge in [0.2, 0.25) is 10.0 Å². The number of amides is 1. The van der Waals surface area contributed by atoms with E-state index in [4.69, 9.17) is 0 Å². The van der Waals surface area contributed by atoms with Gasteiger partial charge >= 0.3 is 0 Å². The number of sulfonamides is 1. The SMILES string of the molecule is CN(C)C(=O)c1cc(NCCS(=O)(=O)N(C)C)ccn1. The van der Waals surface area contributed by atoms with Gasteiger partial charge in [-0.3, -0.25) is 9.78 Å². The second-order valence-corrected chi connectivity index (χ2v) is 6.96. The molecule has 8 heteroatoms. The molecule has 0 atom stereocenters. The monoisotopic (exact) mass is 300 g/mol. The van der Waals surface area contributed by atoms with Gasteiger partial charge in [-0.1, -0.05) is 0 Å². The first-order valence-electron chi connectivity index (χ1n) is 6.06. The maximum atomic E-state index is 11.8. The summed E-state index contributed by atoms with van der Waals surface area (Å²) in [5.74, 6) is -0.214. The molecule has 0 aliphatic rings. The largest absolute Gasteiger partial charge is 0.384 e. The Labute approximate surface area is 119 Å². The molecule has 1 heterocycles. The molecule has 1 aromatic heterocycles. The van der Waals surface area contributed by atoms with Crippen LogP contribution in [0.1, 0.15) is 10.5 Å². The van der Waals surface area contributed by atoms with Crippen LogP contribution < -0.4 is 5.32 Å². The van der Waals surface area contributed by atoms with Crippen LogP contribution >= 0.6 is 0 Å². The molecular weight excluding hydrogens is 280 g/mol. The number of nitrogens with zero attached hydrogens (tertiary/aromatic N) is 3. The van der Waals surface area contributed by atoms with Crippen LogP contribution in [0.2, 0.25) is 0 Å². The van der Waals surface area contributed by atoms with Crippen molar-refractivity contribution in [2.75, 3.05) is 45.8 Å². The van der Waals surface area contributed by atoms with Crippen molar-refractivity contribution in [3.8, 4) is 0 Å². The fraction of sp³-hybridized carbons (Fsp3) is 0.500. The van der Waals surface area contributed by atoms with Crippen LogP contribution in [0.3, 0.4) is 0 Å². The van der Waals surface area contributed by atoms with Gasteiger partial charge in [0.1, 0.15) is 5.69 Å². The Morgan fingerprint density at radius 3 is 2.50 bits per heavy atom. The molecule has 20 heavy (non-hydrogen) atoms. The Morgan fingerprint density at radius 1 is 1.30 bits per heavy atom. The van der Waals surface area contributed by atoms with E-state index in [0.717, 1.165) is 0 Å². The van der Waals surface area contributed by atoms with Gasteiger partial charge in [-0.25, -0.2) is 12.7 Å². The second-order valence-electron chi connectivity index (χ2n) is 4.65. The van der Waals surface area contributed by atoms with Crippen molar-refractivity contribution < 1.29 is 13.2 Å². The van der Waals surface area contributed by atoms with E-state index in [1.165, 1.54) is 29.5 Å². The molecule has 1 N–H and O–H groups in total. The summed E-state index contributed by atoms with van der Waals surface area (Å²) in [6.07, 6.45) is 1.51. The highest BCUT2D eigenvalue weighted by molar-refractivity contribution is 7.89. The predicted octanol–water partition coefficient (Wildman–Crippen LogP) is 0.0867. The van der Waals surface area contributed by atoms with Gasteiger partial charge in [0, 0.05) is 46.6 Å².